The van der Waals surface area contributed by atoms with Crippen LogP contribution in [-0.4, -0.2) is 23.1 Å². The first-order chi connectivity index (χ1) is 11.4. The van der Waals surface area contributed by atoms with Gasteiger partial charge >= 0.3 is 11.4 Å². The van der Waals surface area contributed by atoms with Crippen molar-refractivity contribution in [2.45, 2.75) is 13.8 Å². The molecule has 0 N–H and O–H groups in total. The average molecular weight is 332 g/mol. The molecule has 0 radical (unpaired) electrons. The lowest BCUT2D eigenvalue weighted by Crippen LogP contribution is -2.11. The summed E-state index contributed by atoms with van der Waals surface area (Å²) >= 11 is 0. The van der Waals surface area contributed by atoms with Gasteiger partial charge in [0.15, 0.2) is 11.5 Å². The molecule has 0 bridgehead atoms. The minimum Gasteiger partial charge on any atom is -0.483 e. The van der Waals surface area contributed by atoms with E-state index in [2.05, 4.69) is 0 Å². The minimum absolute atomic E-state index is 0.0228. The Kier molecular flexibility index (Phi) is 5.31. The van der Waals surface area contributed by atoms with Gasteiger partial charge in [-0.1, -0.05) is 12.1 Å². The number of hydrogen-bond donors (Lipinski definition) is 0. The fourth-order valence-corrected chi connectivity index (χ4v) is 2.08. The van der Waals surface area contributed by atoms with Crippen LogP contribution in [0.4, 0.5) is 11.4 Å². The summed E-state index contributed by atoms with van der Waals surface area (Å²) < 4.78 is 10.8. The normalized spacial score (nSPS) is 10.2. The summed E-state index contributed by atoms with van der Waals surface area (Å²) in [7, 11) is 0. The molecule has 24 heavy (non-hydrogen) atoms. The van der Waals surface area contributed by atoms with Crippen LogP contribution >= 0.6 is 0 Å². The summed E-state index contributed by atoms with van der Waals surface area (Å²) in [6.07, 6.45) is 0. The van der Waals surface area contributed by atoms with E-state index in [1.807, 2.05) is 0 Å². The van der Waals surface area contributed by atoms with Gasteiger partial charge in [-0.15, -0.1) is 0 Å². The van der Waals surface area contributed by atoms with E-state index in [0.717, 1.165) is 11.1 Å². The Morgan fingerprint density at radius 1 is 0.792 bits per heavy atom. The molecule has 2 rings (SSSR count). The second kappa shape index (κ2) is 7.40. The summed E-state index contributed by atoms with van der Waals surface area (Å²) in [4.78, 5) is 20.9. The third kappa shape index (κ3) is 4.19. The van der Waals surface area contributed by atoms with Crippen LogP contribution in [0.3, 0.4) is 0 Å². The predicted molar refractivity (Wildman–Crippen MR) is 86.7 cm³/mol. The van der Waals surface area contributed by atoms with Gasteiger partial charge in [0.2, 0.25) is 0 Å². The van der Waals surface area contributed by atoms with Gasteiger partial charge in [0, 0.05) is 12.1 Å². The Labute approximate surface area is 137 Å². The molecule has 0 spiro atoms. The molecule has 0 saturated heterocycles. The zero-order valence-corrected chi connectivity index (χ0v) is 13.2. The molecule has 126 valence electrons. The third-order valence-electron chi connectivity index (χ3n) is 3.22. The summed E-state index contributed by atoms with van der Waals surface area (Å²) in [5, 5.41) is 22.0. The fourth-order valence-electron chi connectivity index (χ4n) is 2.08. The van der Waals surface area contributed by atoms with Gasteiger partial charge < -0.3 is 9.47 Å². The lowest BCUT2D eigenvalue weighted by molar-refractivity contribution is -0.386. The summed E-state index contributed by atoms with van der Waals surface area (Å²) in [5.74, 6) is 0.273. The number of rotatable bonds is 7. The second-order valence-electron chi connectivity index (χ2n) is 5.15. The van der Waals surface area contributed by atoms with Crippen molar-refractivity contribution in [1.29, 1.82) is 0 Å². The van der Waals surface area contributed by atoms with E-state index in [4.69, 9.17) is 9.47 Å². The molecule has 0 aliphatic carbocycles. The van der Waals surface area contributed by atoms with Gasteiger partial charge in [-0.2, -0.15) is 0 Å². The molecule has 8 nitrogen and oxygen atoms in total. The van der Waals surface area contributed by atoms with Crippen molar-refractivity contribution >= 4 is 11.4 Å². The smallest absolute Gasteiger partial charge is 0.311 e. The summed E-state index contributed by atoms with van der Waals surface area (Å²) in [6, 6.07) is 9.19. The summed E-state index contributed by atoms with van der Waals surface area (Å²) in [5.41, 5.74) is 1.31. The first-order valence-corrected chi connectivity index (χ1v) is 7.14. The Morgan fingerprint density at radius 2 is 1.33 bits per heavy atom. The van der Waals surface area contributed by atoms with Crippen LogP contribution < -0.4 is 9.47 Å². The van der Waals surface area contributed by atoms with E-state index in [-0.39, 0.29) is 36.1 Å². The van der Waals surface area contributed by atoms with Crippen LogP contribution in [0.15, 0.2) is 36.4 Å². The Balaban J connectivity index is 2.00. The molecular formula is C16H16N2O6. The third-order valence-corrected chi connectivity index (χ3v) is 3.22. The van der Waals surface area contributed by atoms with Crippen molar-refractivity contribution in [1.82, 2.24) is 0 Å². The maximum Gasteiger partial charge on any atom is 0.311 e. The van der Waals surface area contributed by atoms with Crippen LogP contribution in [0.5, 0.6) is 11.5 Å². The van der Waals surface area contributed by atoms with Crippen LogP contribution in [0, 0.1) is 34.1 Å². The van der Waals surface area contributed by atoms with Crippen LogP contribution in [-0.2, 0) is 0 Å². The average Bonchev–Trinajstić information content (AvgIpc) is 2.52. The second-order valence-corrected chi connectivity index (χ2v) is 5.15. The maximum atomic E-state index is 11.0. The number of nitro benzene ring substituents is 2. The van der Waals surface area contributed by atoms with Crippen molar-refractivity contribution in [3.63, 3.8) is 0 Å². The number of aryl methyl sites for hydroxylation is 2. The van der Waals surface area contributed by atoms with Gasteiger partial charge in [-0.25, -0.2) is 0 Å². The zero-order chi connectivity index (χ0) is 17.7. The number of nitrogens with zero attached hydrogens (tertiary/aromatic N) is 2. The van der Waals surface area contributed by atoms with Crippen LogP contribution in [0.1, 0.15) is 11.1 Å². The van der Waals surface area contributed by atoms with Crippen molar-refractivity contribution in [2.75, 3.05) is 13.2 Å². The van der Waals surface area contributed by atoms with Gasteiger partial charge in [0.25, 0.3) is 0 Å². The quantitative estimate of drug-likeness (QED) is 0.436. The van der Waals surface area contributed by atoms with Crippen molar-refractivity contribution < 1.29 is 19.3 Å². The fraction of sp³-hybridized carbons (Fsp3) is 0.250. The van der Waals surface area contributed by atoms with Gasteiger partial charge in [-0.05, 0) is 37.1 Å². The summed E-state index contributed by atoms with van der Waals surface area (Å²) in [6.45, 7) is 3.59. The van der Waals surface area contributed by atoms with E-state index in [9.17, 15) is 20.2 Å². The highest BCUT2D eigenvalue weighted by molar-refractivity contribution is 5.49. The van der Waals surface area contributed by atoms with E-state index in [1.165, 1.54) is 18.2 Å². The van der Waals surface area contributed by atoms with E-state index in [1.54, 1.807) is 32.0 Å². The molecule has 0 aromatic heterocycles. The molecular weight excluding hydrogens is 316 g/mol. The molecule has 0 saturated carbocycles. The zero-order valence-electron chi connectivity index (χ0n) is 13.2. The monoisotopic (exact) mass is 332 g/mol. The van der Waals surface area contributed by atoms with Crippen LogP contribution in [0.2, 0.25) is 0 Å². The van der Waals surface area contributed by atoms with Gasteiger partial charge in [-0.3, -0.25) is 20.2 Å². The SMILES string of the molecule is Cc1ccc([N+](=O)[O-])c(OCCOc2ccc(C)cc2[N+](=O)[O-])c1. The molecule has 2 aromatic rings. The molecule has 0 amide bonds. The molecule has 0 fully saturated rings. The highest BCUT2D eigenvalue weighted by atomic mass is 16.6. The Hall–Kier alpha value is -3.16. The largest absolute Gasteiger partial charge is 0.483 e. The lowest BCUT2D eigenvalue weighted by Gasteiger charge is -2.09. The van der Waals surface area contributed by atoms with Crippen LogP contribution in [0.25, 0.3) is 0 Å². The topological polar surface area (TPSA) is 105 Å². The van der Waals surface area contributed by atoms with Crippen molar-refractivity contribution in [3.05, 3.63) is 67.8 Å². The molecule has 0 heterocycles. The molecule has 2 aromatic carbocycles. The van der Waals surface area contributed by atoms with E-state index >= 15 is 0 Å². The van der Waals surface area contributed by atoms with Gasteiger partial charge in [0.05, 0.1) is 9.85 Å². The number of benzene rings is 2. The standard InChI is InChI=1S/C16H16N2O6/c1-11-4-6-15(14(9-11)18(21)22)23-7-8-24-16-10-12(2)3-5-13(16)17(19)20/h3-6,9-10H,7-8H2,1-2H3. The molecule has 0 atom stereocenters. The molecule has 0 aliphatic rings. The molecule has 0 aliphatic heterocycles. The van der Waals surface area contributed by atoms with Crippen molar-refractivity contribution in [3.8, 4) is 11.5 Å². The number of ether oxygens (including phenoxy) is 2. The highest BCUT2D eigenvalue weighted by Gasteiger charge is 2.17. The molecule has 8 heteroatoms. The molecule has 0 unspecified atom stereocenters. The van der Waals surface area contributed by atoms with E-state index in [0.29, 0.717) is 0 Å². The minimum atomic E-state index is -0.527. The number of nitro groups is 2. The first kappa shape index (κ1) is 17.2. The Bertz CT molecular complexity index is 775. The lowest BCUT2D eigenvalue weighted by atomic mass is 10.2. The highest BCUT2D eigenvalue weighted by Crippen LogP contribution is 2.29. The van der Waals surface area contributed by atoms with E-state index < -0.39 is 9.85 Å². The first-order valence-electron chi connectivity index (χ1n) is 7.14. The Morgan fingerprint density at radius 3 is 1.96 bits per heavy atom. The predicted octanol–water partition coefficient (Wildman–Crippen LogP) is 3.58. The number of hydrogen-bond acceptors (Lipinski definition) is 6. The van der Waals surface area contributed by atoms with Crippen molar-refractivity contribution in [2.24, 2.45) is 0 Å². The van der Waals surface area contributed by atoms with Gasteiger partial charge in [0.1, 0.15) is 13.2 Å². The maximum absolute atomic E-state index is 11.0.